The molecule has 2 rings (SSSR count). The number of hydrogen-bond acceptors (Lipinski definition) is 7. The Labute approximate surface area is 173 Å². The Kier molecular flexibility index (Phi) is 7.64. The number of esters is 1. The van der Waals surface area contributed by atoms with Gasteiger partial charge in [-0.25, -0.2) is 0 Å². The fourth-order valence-electron chi connectivity index (χ4n) is 2.65. The third-order valence-electron chi connectivity index (χ3n) is 3.95. The molecule has 2 aromatic rings. The van der Waals surface area contributed by atoms with E-state index in [2.05, 4.69) is 9.98 Å². The third kappa shape index (κ3) is 5.28. The lowest BCUT2D eigenvalue weighted by Gasteiger charge is -2.13. The molecule has 0 radical (unpaired) electrons. The Bertz CT molecular complexity index is 1070. The van der Waals surface area contributed by atoms with Crippen molar-refractivity contribution in [3.63, 3.8) is 0 Å². The molecule has 0 unspecified atom stereocenters. The van der Waals surface area contributed by atoms with Crippen molar-refractivity contribution < 1.29 is 14.6 Å². The zero-order valence-electron chi connectivity index (χ0n) is 16.1. The molecule has 0 aliphatic rings. The highest BCUT2D eigenvalue weighted by Crippen LogP contribution is 2.34. The van der Waals surface area contributed by atoms with Crippen LogP contribution < -0.4 is 9.84 Å². The fourth-order valence-corrected chi connectivity index (χ4v) is 2.89. The van der Waals surface area contributed by atoms with E-state index in [1.54, 1.807) is 24.3 Å². The van der Waals surface area contributed by atoms with Crippen molar-refractivity contribution >= 4 is 29.9 Å². The Morgan fingerprint density at radius 2 is 1.76 bits per heavy atom. The van der Waals surface area contributed by atoms with E-state index in [1.807, 2.05) is 26.0 Å². The molecule has 1 aromatic heterocycles. The number of rotatable bonds is 7. The molecule has 0 atom stereocenters. The Morgan fingerprint density at radius 1 is 1.14 bits per heavy atom. The second-order valence-corrected chi connectivity index (χ2v) is 6.56. The van der Waals surface area contributed by atoms with E-state index in [0.717, 1.165) is 0 Å². The Balaban J connectivity index is 2.59. The van der Waals surface area contributed by atoms with Crippen LogP contribution in [0.4, 0.5) is 5.82 Å². The normalized spacial score (nSPS) is 10.8. The lowest BCUT2D eigenvalue weighted by atomic mass is 9.97. The summed E-state index contributed by atoms with van der Waals surface area (Å²) in [6.45, 7) is 3.73. The molecule has 0 aliphatic heterocycles. The van der Waals surface area contributed by atoms with Crippen LogP contribution in [0.3, 0.4) is 0 Å². The molecule has 29 heavy (non-hydrogen) atoms. The average Bonchev–Trinajstić information content (AvgIpc) is 2.68. The van der Waals surface area contributed by atoms with Crippen molar-refractivity contribution in [2.75, 3.05) is 0 Å². The number of pyridine rings is 1. The Hall–Kier alpha value is -3.49. The van der Waals surface area contributed by atoms with Crippen LogP contribution in [0.1, 0.15) is 50.7 Å². The quantitative estimate of drug-likeness (QED) is 0.243. The van der Waals surface area contributed by atoms with Gasteiger partial charge in [0.15, 0.2) is 0 Å². The molecule has 0 saturated carbocycles. The van der Waals surface area contributed by atoms with E-state index in [-0.39, 0.29) is 45.4 Å². The van der Waals surface area contributed by atoms with Crippen LogP contribution in [0.15, 0.2) is 29.3 Å². The summed E-state index contributed by atoms with van der Waals surface area (Å²) in [4.78, 5) is 18.3. The maximum atomic E-state index is 12.0. The lowest BCUT2D eigenvalue weighted by molar-refractivity contribution is -0.218. The van der Waals surface area contributed by atoms with Gasteiger partial charge in [-0.3, -0.25) is 9.79 Å². The topological polar surface area (TPSA) is 125 Å². The van der Waals surface area contributed by atoms with Gasteiger partial charge in [-0.1, -0.05) is 44.6 Å². The van der Waals surface area contributed by atoms with Crippen molar-refractivity contribution in [2.24, 2.45) is 4.99 Å². The summed E-state index contributed by atoms with van der Waals surface area (Å²) >= 11 is 5.23. The molecule has 8 heteroatoms. The number of benzene rings is 1. The number of nitrogens with zero attached hydrogens (tertiary/aromatic N) is 3. The first kappa shape index (κ1) is 21.8. The van der Waals surface area contributed by atoms with Crippen LogP contribution in [0.25, 0.3) is 11.1 Å². The van der Waals surface area contributed by atoms with E-state index in [9.17, 15) is 20.4 Å². The monoisotopic (exact) mass is 407 g/mol. The van der Waals surface area contributed by atoms with Crippen LogP contribution in [-0.2, 0) is 4.79 Å². The lowest BCUT2D eigenvalue weighted by Crippen LogP contribution is -2.16. The minimum Gasteiger partial charge on any atom is -0.862 e. The van der Waals surface area contributed by atoms with E-state index >= 15 is 0 Å². The Morgan fingerprint density at radius 3 is 2.31 bits per heavy atom. The van der Waals surface area contributed by atoms with Gasteiger partial charge in [-0.2, -0.15) is 10.5 Å². The highest BCUT2D eigenvalue weighted by atomic mass is 32.1. The number of ether oxygens (including phenoxy) is 1. The molecule has 7 nitrogen and oxygen atoms in total. The fraction of sp³-hybridized carbons (Fsp3) is 0.286. The maximum Gasteiger partial charge on any atom is 0.311 e. The standard InChI is InChI=1S/C21H20N4O3S/c1-3-5-17(26)24-20-15(11-22)19(16(12-23)21(29)25-20)13-7-9-14(10-8-13)28-18(27)6-4-2/h7-10H,3-6H2,1-2H3,(H2,24,25,26,29)/p-1. The summed E-state index contributed by atoms with van der Waals surface area (Å²) in [6.07, 6.45) is 1.84. The highest BCUT2D eigenvalue weighted by molar-refractivity contribution is 7.71. The van der Waals surface area contributed by atoms with Crippen molar-refractivity contribution in [1.82, 2.24) is 4.98 Å². The number of H-pyrrole nitrogens is 1. The number of aromatic nitrogens is 1. The number of aliphatic imine (C=N–C) groups is 1. The van der Waals surface area contributed by atoms with E-state index in [0.29, 0.717) is 30.6 Å². The number of hydrogen-bond donors (Lipinski definition) is 1. The second-order valence-electron chi connectivity index (χ2n) is 6.16. The van der Waals surface area contributed by atoms with Gasteiger partial charge in [0.25, 0.3) is 0 Å². The highest BCUT2D eigenvalue weighted by Gasteiger charge is 2.18. The largest absolute Gasteiger partial charge is 0.862 e. The minimum atomic E-state index is -0.386. The summed E-state index contributed by atoms with van der Waals surface area (Å²) in [5.74, 6) is -0.339. The summed E-state index contributed by atoms with van der Waals surface area (Å²) in [5, 5.41) is 31.2. The molecular weight excluding hydrogens is 388 g/mol. The number of nitriles is 2. The third-order valence-corrected chi connectivity index (χ3v) is 4.25. The average molecular weight is 407 g/mol. The van der Waals surface area contributed by atoms with Crippen molar-refractivity contribution in [1.29, 1.82) is 10.5 Å². The summed E-state index contributed by atoms with van der Waals surface area (Å²) in [6, 6.07) is 10.4. The van der Waals surface area contributed by atoms with Crippen molar-refractivity contribution in [3.05, 3.63) is 40.0 Å². The number of aromatic amines is 1. The zero-order chi connectivity index (χ0) is 21.4. The van der Waals surface area contributed by atoms with E-state index in [1.165, 1.54) is 0 Å². The van der Waals surface area contributed by atoms with Gasteiger partial charge in [0.05, 0.1) is 5.56 Å². The first-order valence-electron chi connectivity index (χ1n) is 9.11. The number of nitrogens with one attached hydrogen (secondary N) is 1. The molecule has 0 bridgehead atoms. The minimum absolute atomic E-state index is 0.0309. The molecule has 1 aromatic carbocycles. The molecule has 0 aliphatic carbocycles. The summed E-state index contributed by atoms with van der Waals surface area (Å²) in [5.41, 5.74) is 0.964. The predicted molar refractivity (Wildman–Crippen MR) is 109 cm³/mol. The second kappa shape index (κ2) is 10.2. The van der Waals surface area contributed by atoms with Crippen molar-refractivity contribution in [3.8, 4) is 29.0 Å². The molecule has 1 N–H and O–H groups in total. The van der Waals surface area contributed by atoms with Crippen LogP contribution in [0.2, 0.25) is 0 Å². The molecule has 148 valence electrons. The van der Waals surface area contributed by atoms with E-state index in [4.69, 9.17) is 17.0 Å². The van der Waals surface area contributed by atoms with Gasteiger partial charge in [-0.15, -0.1) is 0 Å². The first-order chi connectivity index (χ1) is 13.9. The van der Waals surface area contributed by atoms with Gasteiger partial charge >= 0.3 is 5.97 Å². The summed E-state index contributed by atoms with van der Waals surface area (Å²) in [7, 11) is 0. The van der Waals surface area contributed by atoms with Gasteiger partial charge in [0.2, 0.25) is 0 Å². The number of carbonyl (C=O) groups is 1. The van der Waals surface area contributed by atoms with Gasteiger partial charge in [0, 0.05) is 12.0 Å². The van der Waals surface area contributed by atoms with Crippen LogP contribution in [-0.4, -0.2) is 16.9 Å². The van der Waals surface area contributed by atoms with Crippen LogP contribution in [0, 0.1) is 27.3 Å². The molecule has 0 fully saturated rings. The smallest absolute Gasteiger partial charge is 0.311 e. The van der Waals surface area contributed by atoms with Gasteiger partial charge in [0.1, 0.15) is 33.9 Å². The van der Waals surface area contributed by atoms with Crippen LogP contribution >= 0.6 is 12.2 Å². The molecule has 0 amide bonds. The number of carbonyl (C=O) groups excluding carboxylic acids is 1. The van der Waals surface area contributed by atoms with Crippen molar-refractivity contribution in [2.45, 2.75) is 39.5 Å². The van der Waals surface area contributed by atoms with Gasteiger partial charge < -0.3 is 14.8 Å². The van der Waals surface area contributed by atoms with Crippen LogP contribution in [0.5, 0.6) is 5.75 Å². The maximum absolute atomic E-state index is 12.0. The molecule has 1 heterocycles. The predicted octanol–water partition coefficient (Wildman–Crippen LogP) is 4.05. The molecule has 0 saturated heterocycles. The SMILES string of the molecule is CCCC(=O)Oc1ccc(-c2c(C#N)c(N=C([O-])CCC)[nH]c(=S)c2C#N)cc1. The zero-order valence-corrected chi connectivity index (χ0v) is 16.9. The first-order valence-corrected chi connectivity index (χ1v) is 9.52. The molecule has 0 spiro atoms. The van der Waals surface area contributed by atoms with Gasteiger partial charge in [-0.05, 0) is 36.4 Å². The summed E-state index contributed by atoms with van der Waals surface area (Å²) < 4.78 is 5.31. The molecular formula is C21H19N4O3S-. The van der Waals surface area contributed by atoms with E-state index < -0.39 is 0 Å².